The third-order valence-corrected chi connectivity index (χ3v) is 6.06. The van der Waals surface area contributed by atoms with Crippen molar-refractivity contribution < 1.29 is 38.1 Å². The van der Waals surface area contributed by atoms with E-state index >= 15 is 0 Å². The molecule has 4 atom stereocenters. The minimum atomic E-state index is -1.03. The van der Waals surface area contributed by atoms with Crippen LogP contribution in [0.3, 0.4) is 0 Å². The highest BCUT2D eigenvalue weighted by atomic mass is 16.6. The van der Waals surface area contributed by atoms with Gasteiger partial charge in [0.2, 0.25) is 0 Å². The van der Waals surface area contributed by atoms with Crippen molar-refractivity contribution in [2.24, 2.45) is 22.5 Å². The summed E-state index contributed by atoms with van der Waals surface area (Å²) in [4.78, 5) is 49.8. The first-order chi connectivity index (χ1) is 18.3. The fourth-order valence-corrected chi connectivity index (χ4v) is 3.51. The largest absolute Gasteiger partial charge is 0.459 e. The van der Waals surface area contributed by atoms with Crippen LogP contribution in [-0.4, -0.2) is 42.1 Å². The van der Waals surface area contributed by atoms with Crippen molar-refractivity contribution in [3.8, 4) is 11.5 Å². The maximum Gasteiger partial charge on any atom is 0.323 e. The number of ether oxygens (including phenoxy) is 4. The maximum atomic E-state index is 12.7. The highest BCUT2D eigenvalue weighted by molar-refractivity contribution is 5.78. The molecule has 0 aliphatic carbocycles. The molecule has 0 spiro atoms. The van der Waals surface area contributed by atoms with Gasteiger partial charge in [0.15, 0.2) is 11.5 Å². The quantitative estimate of drug-likeness (QED) is 0.243. The lowest BCUT2D eigenvalue weighted by Crippen LogP contribution is -2.39. The number of rotatable bonds is 13. The fraction of sp³-hybridized carbons (Fsp3) is 0.677. The number of carbonyl (C=O) groups excluding carboxylic acids is 4. The first-order valence-corrected chi connectivity index (χ1v) is 14.0. The lowest BCUT2D eigenvalue weighted by Gasteiger charge is -2.23. The highest BCUT2D eigenvalue weighted by Gasteiger charge is 2.26. The zero-order valence-corrected chi connectivity index (χ0v) is 25.9. The molecule has 1 rings (SSSR count). The zero-order valence-electron chi connectivity index (χ0n) is 25.9. The smallest absolute Gasteiger partial charge is 0.323 e. The van der Waals surface area contributed by atoms with Crippen LogP contribution in [0, 0.1) is 16.7 Å². The van der Waals surface area contributed by atoms with Gasteiger partial charge in [-0.25, -0.2) is 0 Å². The van der Waals surface area contributed by atoms with Crippen LogP contribution >= 0.6 is 0 Å². The third-order valence-electron chi connectivity index (χ3n) is 6.06. The van der Waals surface area contributed by atoms with Gasteiger partial charge in [0.1, 0.15) is 18.2 Å². The van der Waals surface area contributed by atoms with Gasteiger partial charge in [0.25, 0.3) is 0 Å². The molecule has 1 unspecified atom stereocenters. The Morgan fingerprint density at radius 2 is 1.27 bits per heavy atom. The van der Waals surface area contributed by atoms with Gasteiger partial charge in [-0.1, -0.05) is 67.9 Å². The second-order valence-electron chi connectivity index (χ2n) is 13.1. The summed E-state index contributed by atoms with van der Waals surface area (Å²) in [5.74, 6) is -1.55. The standard InChI is InChI=1S/C31H49NO8/c1-11-19(2)14-26(33)37-20(3)21(4)38-29(36)23(32)15-22-12-13-24(39-27(34)17-30(5,6)7)25(16-22)40-28(35)18-31(8,9)10/h12-13,16,19-21,23H,11,14-15,17-18,32H2,1-10H3/t19?,20-,21-,23-/m0/s1. The molecule has 0 bridgehead atoms. The molecule has 9 heteroatoms. The van der Waals surface area contributed by atoms with Crippen LogP contribution < -0.4 is 15.2 Å². The van der Waals surface area contributed by atoms with Crippen LogP contribution in [0.5, 0.6) is 11.5 Å². The van der Waals surface area contributed by atoms with Crippen molar-refractivity contribution in [3.63, 3.8) is 0 Å². The van der Waals surface area contributed by atoms with E-state index in [1.807, 2.05) is 55.4 Å². The monoisotopic (exact) mass is 563 g/mol. The van der Waals surface area contributed by atoms with Gasteiger partial charge in [-0.15, -0.1) is 0 Å². The predicted molar refractivity (Wildman–Crippen MR) is 153 cm³/mol. The number of esters is 4. The summed E-state index contributed by atoms with van der Waals surface area (Å²) in [5.41, 5.74) is 6.12. The van der Waals surface area contributed by atoms with Crippen molar-refractivity contribution in [3.05, 3.63) is 23.8 Å². The normalized spacial score (nSPS) is 14.9. The molecule has 0 amide bonds. The molecule has 0 heterocycles. The van der Waals surface area contributed by atoms with E-state index in [9.17, 15) is 19.2 Å². The summed E-state index contributed by atoms with van der Waals surface area (Å²) in [6.45, 7) is 18.8. The van der Waals surface area contributed by atoms with E-state index in [0.29, 0.717) is 12.0 Å². The number of nitrogens with two attached hydrogens (primary N) is 1. The first-order valence-electron chi connectivity index (χ1n) is 14.0. The summed E-state index contributed by atoms with van der Waals surface area (Å²) in [6.07, 6.45) is 0.224. The van der Waals surface area contributed by atoms with Gasteiger partial charge in [-0.05, 0) is 54.7 Å². The zero-order chi connectivity index (χ0) is 30.8. The Labute approximate surface area is 239 Å². The minimum absolute atomic E-state index is 0.0739. The Balaban J connectivity index is 2.96. The molecular weight excluding hydrogens is 514 g/mol. The van der Waals surface area contributed by atoms with Crippen molar-refractivity contribution in [1.29, 1.82) is 0 Å². The van der Waals surface area contributed by atoms with Gasteiger partial charge < -0.3 is 24.7 Å². The molecule has 0 aromatic heterocycles. The number of carbonyl (C=O) groups is 4. The van der Waals surface area contributed by atoms with E-state index in [4.69, 9.17) is 24.7 Å². The maximum absolute atomic E-state index is 12.7. The number of hydrogen-bond acceptors (Lipinski definition) is 9. The third kappa shape index (κ3) is 13.9. The Kier molecular flexibility index (Phi) is 13.3. The Bertz CT molecular complexity index is 1020. The first kappa shape index (κ1) is 35.1. The predicted octanol–water partition coefficient (Wildman–Crippen LogP) is 5.54. The van der Waals surface area contributed by atoms with Crippen LogP contribution in [0.4, 0.5) is 0 Å². The molecule has 0 aliphatic heterocycles. The molecule has 9 nitrogen and oxygen atoms in total. The van der Waals surface area contributed by atoms with E-state index in [-0.39, 0.29) is 53.5 Å². The summed E-state index contributed by atoms with van der Waals surface area (Å²) < 4.78 is 22.0. The lowest BCUT2D eigenvalue weighted by molar-refractivity contribution is -0.166. The molecular formula is C31H49NO8. The molecule has 0 fully saturated rings. The highest BCUT2D eigenvalue weighted by Crippen LogP contribution is 2.32. The summed E-state index contributed by atoms with van der Waals surface area (Å²) in [7, 11) is 0. The summed E-state index contributed by atoms with van der Waals surface area (Å²) in [5, 5.41) is 0. The van der Waals surface area contributed by atoms with Gasteiger partial charge in [0.05, 0.1) is 12.8 Å². The van der Waals surface area contributed by atoms with Gasteiger partial charge >= 0.3 is 23.9 Å². The molecule has 0 saturated carbocycles. The van der Waals surface area contributed by atoms with Crippen LogP contribution in [0.15, 0.2) is 18.2 Å². The van der Waals surface area contributed by atoms with Gasteiger partial charge in [0, 0.05) is 6.42 Å². The topological polar surface area (TPSA) is 131 Å². The van der Waals surface area contributed by atoms with Crippen LogP contribution in [-0.2, 0) is 35.1 Å². The molecule has 2 N–H and O–H groups in total. The second kappa shape index (κ2) is 15.2. The van der Waals surface area contributed by atoms with E-state index in [1.54, 1.807) is 19.9 Å². The second-order valence-corrected chi connectivity index (χ2v) is 13.1. The van der Waals surface area contributed by atoms with E-state index in [1.165, 1.54) is 12.1 Å². The summed E-state index contributed by atoms with van der Waals surface area (Å²) >= 11 is 0. The average Bonchev–Trinajstić information content (AvgIpc) is 2.77. The van der Waals surface area contributed by atoms with Crippen molar-refractivity contribution in [2.75, 3.05) is 0 Å². The van der Waals surface area contributed by atoms with Crippen LogP contribution in [0.25, 0.3) is 0 Å². The van der Waals surface area contributed by atoms with Crippen LogP contribution in [0.2, 0.25) is 0 Å². The van der Waals surface area contributed by atoms with Crippen molar-refractivity contribution in [2.45, 2.75) is 120 Å². The molecule has 0 aliphatic rings. The fourth-order valence-electron chi connectivity index (χ4n) is 3.51. The molecule has 40 heavy (non-hydrogen) atoms. The summed E-state index contributed by atoms with van der Waals surface area (Å²) in [6, 6.07) is 3.68. The minimum Gasteiger partial charge on any atom is -0.459 e. The molecule has 1 aromatic rings. The van der Waals surface area contributed by atoms with E-state index in [0.717, 1.165) is 6.42 Å². The van der Waals surface area contributed by atoms with Gasteiger partial charge in [-0.2, -0.15) is 0 Å². The molecule has 226 valence electrons. The van der Waals surface area contributed by atoms with Crippen LogP contribution in [0.1, 0.15) is 100 Å². The SMILES string of the molecule is CCC(C)CC(=O)O[C@@H](C)[C@H](C)OC(=O)[C@@H](N)Cc1ccc(OC(=O)CC(C)(C)C)c(OC(=O)CC(C)(C)C)c1. The Morgan fingerprint density at radius 3 is 1.77 bits per heavy atom. The van der Waals surface area contributed by atoms with E-state index in [2.05, 4.69) is 0 Å². The van der Waals surface area contributed by atoms with Crippen molar-refractivity contribution in [1.82, 2.24) is 0 Å². The van der Waals surface area contributed by atoms with Crippen molar-refractivity contribution >= 4 is 23.9 Å². The van der Waals surface area contributed by atoms with Gasteiger partial charge in [-0.3, -0.25) is 19.2 Å². The molecule has 1 aromatic carbocycles. The Hall–Kier alpha value is -2.94. The average molecular weight is 564 g/mol. The lowest BCUT2D eigenvalue weighted by atomic mass is 9.92. The van der Waals surface area contributed by atoms with E-state index < -0.39 is 36.2 Å². The Morgan fingerprint density at radius 1 is 0.775 bits per heavy atom. The number of benzene rings is 1. The molecule has 0 saturated heterocycles. The molecule has 0 radical (unpaired) electrons. The number of hydrogen-bond donors (Lipinski definition) is 1.